The third-order valence-corrected chi connectivity index (χ3v) is 22.4. The minimum Gasteiger partial charge on any atom is -0.460 e. The van der Waals surface area contributed by atoms with E-state index in [4.69, 9.17) is 77.9 Å². The number of rotatable bonds is 35. The fourth-order valence-electron chi connectivity index (χ4n) is 15.4. The van der Waals surface area contributed by atoms with Gasteiger partial charge in [0.1, 0.15) is 47.7 Å². The van der Waals surface area contributed by atoms with Crippen LogP contribution in [0, 0.1) is 35.5 Å². The second-order valence-electron chi connectivity index (χ2n) is 31.4. The number of benzene rings is 1. The predicted molar refractivity (Wildman–Crippen MR) is 448 cm³/mol. The number of ketones is 1. The SMILES string of the molecule is CCOCCOCCOCCC(=O)NCCCCn1nc(-c2ccc3oc(N)nc3c2)c2c(N)ncnc21.CCOCCOCCOCCNC(=O)CO/N=C1\[C@H](C)C[C@H](C)/C=C/C=C/C=C(\C)[C@@H](OC)C[C@@H]2CC[C@@H](C)[C@@](O)(O2)C(=O)C(=O)N2CCCC[C@H]2C(=O)O[C@H]([C@H](C)C[C@@H]2CC[C@@H](O)[C@H](OC)C2)C[C@@H](O)[C@H](C)/C=C(\C)[C@@H](O)[C@H]1OC. The fourth-order valence-corrected chi connectivity index (χ4v) is 15.4. The molecular weight excluding hydrogens is 1540 g/mol. The van der Waals surface area contributed by atoms with Crippen molar-refractivity contribution in [3.8, 4) is 11.3 Å². The number of unbranched alkanes of at least 4 members (excludes halogenated alkanes) is 1. The molecule has 2 bridgehead atoms. The standard InChI is InChI=1S/C61H101N3O17.C25H34N8O5/c1-12-76-28-29-78-31-30-77-27-25-62-54(67)38-79-63-55-43(6)32-39(2)18-14-13-15-19-40(3)51(73-9)36-47-23-21-45(8)61(72,81-47)58(69)59(70)64-26-17-16-20-48(64)60(71)80-52(42(5)34-46-22-24-49(65)53(35-46)74-10)37-50(66)41(4)33-44(7)56(68)57(55)75-11;1-2-35-11-12-37-14-13-36-10-7-20(34)28-8-3-4-9-33-24-21(23(26)29-16-30-24)22(32-33)17-5-6-19-18(15-17)31-25(27)38-19/h13-15,18-19,33,39,41-43,45-53,56-57,65-66,68,72H,12,16-17,20-32,34-38H2,1-11H3,(H,62,67);5-6,15-16H,2-4,7-14H2,1H3,(H2,27,31)(H,28,34)(H2,26,29,30)/b15-13+,18-14+,40-19+,44-33+,63-55+;/t39-,41-,42-,43-,45-,46+,47+,48+,49-,50-,51+,52+,53-,56-,57+,61-;/m1./s1. The second-order valence-corrected chi connectivity index (χ2v) is 31.4. The van der Waals surface area contributed by atoms with Crippen molar-refractivity contribution in [3.05, 3.63) is 72.1 Å². The maximum absolute atomic E-state index is 14.6. The van der Waals surface area contributed by atoms with E-state index in [9.17, 15) is 44.4 Å². The minimum atomic E-state index is -2.44. The Balaban J connectivity index is 0.000000424. The number of oxime groups is 1. The Morgan fingerprint density at radius 3 is 2.14 bits per heavy atom. The molecule has 4 aromatic rings. The van der Waals surface area contributed by atoms with Crippen LogP contribution < -0.4 is 22.1 Å². The van der Waals surface area contributed by atoms with Crippen molar-refractivity contribution >= 4 is 69.2 Å². The molecule has 16 atom stereocenters. The fraction of sp³-hybridized carbons (Fsp3) is 0.698. The Morgan fingerprint density at radius 2 is 1.45 bits per heavy atom. The number of nitrogen functional groups attached to an aromatic ring is 2. The third-order valence-electron chi connectivity index (χ3n) is 22.4. The van der Waals surface area contributed by atoms with Gasteiger partial charge in [-0.15, -0.1) is 0 Å². The first-order valence-corrected chi connectivity index (χ1v) is 42.4. The van der Waals surface area contributed by atoms with Crippen LogP contribution in [0.4, 0.5) is 11.8 Å². The Labute approximate surface area is 700 Å². The van der Waals surface area contributed by atoms with Crippen LogP contribution in [-0.2, 0) is 87.5 Å². The number of hydrogen-bond donors (Lipinski definition) is 8. The number of nitrogens with two attached hydrogens (primary N) is 2. The molecule has 2 saturated heterocycles. The maximum Gasteiger partial charge on any atom is 0.329 e. The van der Waals surface area contributed by atoms with Gasteiger partial charge in [-0.2, -0.15) is 10.1 Å². The van der Waals surface area contributed by atoms with Crippen molar-refractivity contribution in [2.75, 3.05) is 138 Å². The summed E-state index contributed by atoms with van der Waals surface area (Å²) in [7, 11) is 4.61. The highest BCUT2D eigenvalue weighted by Gasteiger charge is 2.53. The van der Waals surface area contributed by atoms with E-state index in [0.29, 0.717) is 195 Å². The third kappa shape index (κ3) is 31.0. The monoisotopic (exact) mass is 1670 g/mol. The topological polar surface area (TPSA) is 438 Å². The van der Waals surface area contributed by atoms with Crippen molar-refractivity contribution in [3.63, 3.8) is 0 Å². The number of aliphatic hydroxyl groups is 4. The molecule has 6 heterocycles. The summed E-state index contributed by atoms with van der Waals surface area (Å²) in [6.45, 7) is 23.8. The molecule has 3 amide bonds. The molecule has 1 saturated carbocycles. The molecule has 33 nitrogen and oxygen atoms in total. The highest BCUT2D eigenvalue weighted by atomic mass is 16.6. The summed E-state index contributed by atoms with van der Waals surface area (Å²) in [5.74, 6) is -7.27. The highest BCUT2D eigenvalue weighted by Crippen LogP contribution is 2.39. The van der Waals surface area contributed by atoms with Gasteiger partial charge in [-0.3, -0.25) is 19.2 Å². The van der Waals surface area contributed by atoms with E-state index < -0.39 is 96.6 Å². The van der Waals surface area contributed by atoms with E-state index in [0.717, 1.165) is 30.4 Å². The molecule has 33 heteroatoms. The lowest BCUT2D eigenvalue weighted by Crippen LogP contribution is -2.61. The minimum absolute atomic E-state index is 0.00185. The van der Waals surface area contributed by atoms with Crippen LogP contribution in [0.1, 0.15) is 159 Å². The predicted octanol–water partition coefficient (Wildman–Crippen LogP) is 8.12. The number of carbonyl (C=O) groups is 5. The number of cyclic esters (lactones) is 1. The molecule has 0 unspecified atom stereocenters. The normalized spacial score (nSPS) is 28.2. The molecule has 0 spiro atoms. The molecule has 10 N–H and O–H groups in total. The number of anilines is 2. The van der Waals surface area contributed by atoms with Gasteiger partial charge in [0, 0.05) is 103 Å². The van der Waals surface area contributed by atoms with Gasteiger partial charge < -0.3 is 109 Å². The number of fused-ring (bicyclic) bond motifs is 5. The lowest BCUT2D eigenvalue weighted by molar-refractivity contribution is -0.265. The van der Waals surface area contributed by atoms with Crippen LogP contribution in [-0.4, -0.2) is 273 Å². The molecule has 3 fully saturated rings. The number of nitrogens with zero attached hydrogens (tertiary/aromatic N) is 7. The zero-order valence-corrected chi connectivity index (χ0v) is 72.0. The molecular formula is C86H135N11O22. The van der Waals surface area contributed by atoms with Crippen LogP contribution in [0.25, 0.3) is 33.4 Å². The number of aryl methyl sites for hydroxylation is 1. The van der Waals surface area contributed by atoms with Crippen LogP contribution in [0.15, 0.2) is 81.7 Å². The average Bonchev–Trinajstić information content (AvgIpc) is 1.68. The second kappa shape index (κ2) is 51.9. The Kier molecular flexibility index (Phi) is 42.9. The van der Waals surface area contributed by atoms with E-state index in [1.165, 1.54) is 18.3 Å². The van der Waals surface area contributed by atoms with Gasteiger partial charge >= 0.3 is 5.97 Å². The van der Waals surface area contributed by atoms with Crippen molar-refractivity contribution in [1.29, 1.82) is 0 Å². The van der Waals surface area contributed by atoms with Gasteiger partial charge in [0.2, 0.25) is 11.7 Å². The van der Waals surface area contributed by atoms with E-state index in [1.807, 2.05) is 81.8 Å². The van der Waals surface area contributed by atoms with Crippen LogP contribution in [0.2, 0.25) is 0 Å². The average molecular weight is 1680 g/mol. The smallest absolute Gasteiger partial charge is 0.329 e. The van der Waals surface area contributed by atoms with Gasteiger partial charge in [0.05, 0.1) is 108 Å². The number of esters is 1. The lowest BCUT2D eigenvalue weighted by Gasteiger charge is -2.43. The molecule has 3 aliphatic heterocycles. The van der Waals surface area contributed by atoms with E-state index >= 15 is 0 Å². The van der Waals surface area contributed by atoms with Crippen LogP contribution >= 0.6 is 0 Å². The first kappa shape index (κ1) is 98.4. The number of Topliss-reactive ketones (excluding diaryl/α,β-unsaturated/α-hetero) is 1. The zero-order chi connectivity index (χ0) is 86.4. The van der Waals surface area contributed by atoms with Crippen molar-refractivity contribution in [1.82, 2.24) is 40.3 Å². The molecule has 8 rings (SSSR count). The number of ether oxygens (including phenoxy) is 11. The lowest BCUT2D eigenvalue weighted by atomic mass is 9.78. The summed E-state index contributed by atoms with van der Waals surface area (Å²) in [5.41, 5.74) is 16.9. The number of nitrogens with one attached hydrogen (secondary N) is 2. The van der Waals surface area contributed by atoms with E-state index in [2.05, 4.69) is 37.7 Å². The summed E-state index contributed by atoms with van der Waals surface area (Å²) < 4.78 is 69.6. The number of hydrogen-bond acceptors (Lipinski definition) is 29. The quantitative estimate of drug-likeness (QED) is 0.00708. The number of oxazole rings is 1. The van der Waals surface area contributed by atoms with Gasteiger partial charge in [0.25, 0.3) is 23.6 Å². The molecule has 666 valence electrons. The number of aliphatic hydroxyl groups excluding tert-OH is 3. The van der Waals surface area contributed by atoms with Crippen LogP contribution in [0.3, 0.4) is 0 Å². The zero-order valence-electron chi connectivity index (χ0n) is 72.0. The Morgan fingerprint density at radius 1 is 0.748 bits per heavy atom. The Hall–Kier alpha value is -7.74. The highest BCUT2D eigenvalue weighted by molar-refractivity contribution is 6.39. The summed E-state index contributed by atoms with van der Waals surface area (Å²) in [6, 6.07) is 4.49. The summed E-state index contributed by atoms with van der Waals surface area (Å²) in [6.07, 6.45) is 14.0. The van der Waals surface area contributed by atoms with Gasteiger partial charge in [-0.1, -0.05) is 76.2 Å². The summed E-state index contributed by atoms with van der Waals surface area (Å²) in [4.78, 5) is 87.9. The van der Waals surface area contributed by atoms with Gasteiger partial charge in [-0.05, 0) is 152 Å². The first-order valence-electron chi connectivity index (χ1n) is 42.4. The van der Waals surface area contributed by atoms with E-state index in [1.54, 1.807) is 47.1 Å². The molecule has 4 aliphatic rings. The Bertz CT molecular complexity index is 3910. The number of aromatic nitrogens is 5. The number of methoxy groups -OCH3 is 3. The molecule has 3 aromatic heterocycles. The molecule has 1 aromatic carbocycles. The van der Waals surface area contributed by atoms with Crippen molar-refractivity contribution in [2.45, 2.75) is 226 Å². The number of amides is 3. The number of carbonyl (C=O) groups excluding carboxylic acids is 5. The number of piperidine rings is 1. The maximum atomic E-state index is 14.6. The van der Waals surface area contributed by atoms with E-state index in [-0.39, 0.29) is 74.2 Å². The summed E-state index contributed by atoms with van der Waals surface area (Å²) in [5, 5.41) is 62.4. The van der Waals surface area contributed by atoms with Gasteiger partial charge in [0.15, 0.2) is 17.8 Å². The molecule has 1 aliphatic carbocycles. The summed E-state index contributed by atoms with van der Waals surface area (Å²) >= 11 is 0. The first-order chi connectivity index (χ1) is 57.2. The van der Waals surface area contributed by atoms with Crippen molar-refractivity contribution in [2.24, 2.45) is 40.7 Å². The van der Waals surface area contributed by atoms with Crippen LogP contribution in [0.5, 0.6) is 0 Å². The molecule has 0 radical (unpaired) electrons. The van der Waals surface area contributed by atoms with Crippen molar-refractivity contribution < 1.29 is 106 Å². The van der Waals surface area contributed by atoms with Gasteiger partial charge in [-0.25, -0.2) is 19.4 Å². The largest absolute Gasteiger partial charge is 0.460 e. The molecule has 119 heavy (non-hydrogen) atoms. The number of allylic oxidation sites excluding steroid dienone is 5.